The van der Waals surface area contributed by atoms with Gasteiger partial charge >= 0.3 is 12.4 Å². The lowest BCUT2D eigenvalue weighted by molar-refractivity contribution is -0.142. The highest BCUT2D eigenvalue weighted by molar-refractivity contribution is 7.91. The van der Waals surface area contributed by atoms with E-state index in [1.807, 2.05) is 0 Å². The van der Waals surface area contributed by atoms with Crippen LogP contribution in [0.15, 0.2) is 99.0 Å². The minimum absolute atomic E-state index is 0.0306. The second kappa shape index (κ2) is 28.0. The van der Waals surface area contributed by atoms with Crippen LogP contribution in [-0.4, -0.2) is 160 Å². The van der Waals surface area contributed by atoms with Crippen LogP contribution in [0, 0.1) is 0 Å². The Hall–Kier alpha value is -7.67. The molecule has 31 heteroatoms. The molecule has 2 saturated heterocycles. The van der Waals surface area contributed by atoms with Crippen molar-refractivity contribution in [1.82, 2.24) is 38.9 Å². The van der Waals surface area contributed by atoms with Gasteiger partial charge in [-0.3, -0.25) is 19.2 Å². The van der Waals surface area contributed by atoms with E-state index < -0.39 is 76.4 Å². The Morgan fingerprint density at radius 1 is 0.553 bits per heavy atom. The number of rotatable bonds is 20. The van der Waals surface area contributed by atoms with E-state index in [-0.39, 0.29) is 78.1 Å². The van der Waals surface area contributed by atoms with Crippen molar-refractivity contribution in [2.45, 2.75) is 61.4 Å². The molecular formula is C54H57ClF6N8O14S2. The van der Waals surface area contributed by atoms with Gasteiger partial charge in [0.2, 0.25) is 41.8 Å². The number of benzene rings is 2. The first-order valence-corrected chi connectivity index (χ1v) is 29.5. The van der Waals surface area contributed by atoms with Crippen molar-refractivity contribution in [3.63, 3.8) is 0 Å². The lowest BCUT2D eigenvalue weighted by Crippen LogP contribution is -2.40. The molecule has 6 aromatic rings. The van der Waals surface area contributed by atoms with E-state index in [0.29, 0.717) is 98.9 Å². The number of hydrogen-bond donors (Lipinski definition) is 0. The van der Waals surface area contributed by atoms with Crippen LogP contribution in [0.4, 0.5) is 26.3 Å². The van der Waals surface area contributed by atoms with Gasteiger partial charge in [0, 0.05) is 85.8 Å². The van der Waals surface area contributed by atoms with E-state index in [1.54, 1.807) is 34.1 Å². The van der Waals surface area contributed by atoms with Crippen molar-refractivity contribution in [2.75, 3.05) is 92.6 Å². The Bertz CT molecular complexity index is 3750. The molecule has 2 aromatic carbocycles. The summed E-state index contributed by atoms with van der Waals surface area (Å²) in [6.07, 6.45) is -7.90. The summed E-state index contributed by atoms with van der Waals surface area (Å²) < 4.78 is 169. The Labute approximate surface area is 488 Å². The van der Waals surface area contributed by atoms with Crippen molar-refractivity contribution in [3.8, 4) is 45.5 Å². The van der Waals surface area contributed by atoms with E-state index >= 15 is 0 Å². The Balaban J connectivity index is 0.000000244. The molecule has 0 radical (unpaired) electrons. The van der Waals surface area contributed by atoms with Gasteiger partial charge in [0.15, 0.2) is 23.0 Å². The van der Waals surface area contributed by atoms with Crippen LogP contribution in [0.2, 0.25) is 5.02 Å². The molecular weight excluding hydrogens is 1200 g/mol. The average molecular weight is 1260 g/mol. The topological polar surface area (TPSA) is 260 Å². The fourth-order valence-electron chi connectivity index (χ4n) is 8.66. The minimum Gasteiger partial charge on any atom is -0.493 e. The number of hydrogen-bond acceptors (Lipinski definition) is 18. The fourth-order valence-corrected chi connectivity index (χ4v) is 11.2. The van der Waals surface area contributed by atoms with E-state index in [0.717, 1.165) is 12.1 Å². The molecule has 2 amide bonds. The molecule has 2 fully saturated rings. The van der Waals surface area contributed by atoms with Gasteiger partial charge in [-0.05, 0) is 66.4 Å². The van der Waals surface area contributed by atoms with Gasteiger partial charge in [-0.15, -0.1) is 0 Å². The van der Waals surface area contributed by atoms with Gasteiger partial charge < -0.3 is 47.4 Å². The second-order valence-corrected chi connectivity index (χ2v) is 23.3. The summed E-state index contributed by atoms with van der Waals surface area (Å²) in [5, 5.41) is -1.79. The Morgan fingerprint density at radius 3 is 1.39 bits per heavy atom. The van der Waals surface area contributed by atoms with Gasteiger partial charge in [-0.25, -0.2) is 36.8 Å². The molecule has 0 spiro atoms. The first-order chi connectivity index (χ1) is 40.2. The zero-order valence-corrected chi connectivity index (χ0v) is 48.5. The van der Waals surface area contributed by atoms with Crippen molar-refractivity contribution in [3.05, 3.63) is 127 Å². The minimum atomic E-state index is -4.99. The van der Waals surface area contributed by atoms with Gasteiger partial charge in [0.05, 0.1) is 90.8 Å². The number of alkyl halides is 6. The summed E-state index contributed by atoms with van der Waals surface area (Å²) in [7, 11) is -3.03. The molecule has 2 aliphatic rings. The number of nitrogens with zero attached hydrogens (tertiary/aromatic N) is 8. The Kier molecular flexibility index (Phi) is 21.4. The fraction of sp³-hybridized carbons (Fsp3) is 0.407. The molecule has 22 nitrogen and oxygen atoms in total. The lowest BCUT2D eigenvalue weighted by Gasteiger charge is -2.26. The third kappa shape index (κ3) is 17.0. The van der Waals surface area contributed by atoms with E-state index in [2.05, 4.69) is 19.9 Å². The third-order valence-corrected chi connectivity index (χ3v) is 16.6. The van der Waals surface area contributed by atoms with Gasteiger partial charge in [-0.1, -0.05) is 17.7 Å². The van der Waals surface area contributed by atoms with Gasteiger partial charge in [0.25, 0.3) is 11.1 Å². The van der Waals surface area contributed by atoms with Crippen molar-refractivity contribution < 1.29 is 81.2 Å². The number of methoxy groups -OCH3 is 4. The Morgan fingerprint density at radius 2 is 0.965 bits per heavy atom. The maximum absolute atomic E-state index is 13.8. The summed E-state index contributed by atoms with van der Waals surface area (Å²) in [6, 6.07) is 14.0. The predicted molar refractivity (Wildman–Crippen MR) is 293 cm³/mol. The zero-order valence-electron chi connectivity index (χ0n) is 46.1. The molecule has 0 bridgehead atoms. The molecule has 2 aliphatic heterocycles. The van der Waals surface area contributed by atoms with Gasteiger partial charge in [-0.2, -0.15) is 26.3 Å². The van der Waals surface area contributed by atoms with Crippen LogP contribution >= 0.6 is 11.6 Å². The number of amides is 2. The molecule has 6 heterocycles. The highest BCUT2D eigenvalue weighted by Crippen LogP contribution is 2.36. The molecule has 85 heavy (non-hydrogen) atoms. The molecule has 0 atom stereocenters. The standard InChI is InChI=1S/C27H28ClF3N4O7S.C27H29F3N4O7S/c1-40-21-12-18(19(28)13-22(21)41-2)16-35-15-17(5-6-25(35)37)20-14-23(27(29,30)31)33-26(32-20)43(38,39)11-3-4-24(36)34-7-9-42-10-8-34;1-39-21-7-5-18(14-22(21)40-2)16-34-17-19(6-8-25(34)36)20-15-23(27(28,29)30)32-26(31-20)42(37,38)13-3-4-24(35)33-9-11-41-12-10-33/h5-6,12-15H,3-4,7-11,16H2,1-2H3;5-8,14-15,17H,3-4,9-13,16H2,1-2H3. The van der Waals surface area contributed by atoms with Crippen molar-refractivity contribution in [2.24, 2.45) is 0 Å². The molecule has 0 unspecified atom stereocenters. The molecule has 458 valence electrons. The summed E-state index contributed by atoms with van der Waals surface area (Å²) in [4.78, 5) is 67.5. The lowest BCUT2D eigenvalue weighted by atomic mass is 10.1. The maximum atomic E-state index is 13.8. The van der Waals surface area contributed by atoms with Crippen LogP contribution in [0.1, 0.15) is 48.2 Å². The normalized spacial score (nSPS) is 14.1. The molecule has 4 aromatic heterocycles. The van der Waals surface area contributed by atoms with E-state index in [1.165, 1.54) is 68.2 Å². The summed E-state index contributed by atoms with van der Waals surface area (Å²) in [5.41, 5.74) is -3.38. The average Bonchev–Trinajstić information content (AvgIpc) is 3.62. The van der Waals surface area contributed by atoms with Crippen molar-refractivity contribution >= 4 is 43.1 Å². The first kappa shape index (κ1) is 64.9. The smallest absolute Gasteiger partial charge is 0.433 e. The largest absolute Gasteiger partial charge is 0.493 e. The number of halogens is 7. The number of sulfone groups is 2. The van der Waals surface area contributed by atoms with Crippen molar-refractivity contribution in [1.29, 1.82) is 0 Å². The predicted octanol–water partition coefficient (Wildman–Crippen LogP) is 6.26. The van der Waals surface area contributed by atoms with Gasteiger partial charge in [0.1, 0.15) is 11.4 Å². The molecule has 0 N–H and O–H groups in total. The number of pyridine rings is 2. The SMILES string of the molecule is COc1cc(Cl)c(Cn2cc(-c3cc(C(F)(F)F)nc(S(=O)(=O)CCCC(=O)N4CCOCC4)n3)ccc2=O)cc1OC.COc1ccc(Cn2cc(-c3cc(C(F)(F)F)nc(S(=O)(=O)CCCC(=O)N4CCOCC4)n3)ccc2=O)cc1OC. The van der Waals surface area contributed by atoms with Crippen LogP contribution < -0.4 is 30.1 Å². The van der Waals surface area contributed by atoms with Crippen LogP contribution in [-0.2, 0) is 64.2 Å². The van der Waals surface area contributed by atoms with Crippen LogP contribution in [0.3, 0.4) is 0 Å². The maximum Gasteiger partial charge on any atom is 0.433 e. The summed E-state index contributed by atoms with van der Waals surface area (Å²) >= 11 is 6.35. The molecule has 0 saturated carbocycles. The third-order valence-electron chi connectivity index (χ3n) is 13.1. The number of carbonyl (C=O) groups is 2. The molecule has 8 rings (SSSR count). The highest BCUT2D eigenvalue weighted by atomic mass is 35.5. The van der Waals surface area contributed by atoms with Crippen LogP contribution in [0.5, 0.6) is 23.0 Å². The first-order valence-electron chi connectivity index (χ1n) is 25.9. The van der Waals surface area contributed by atoms with Crippen LogP contribution in [0.25, 0.3) is 22.5 Å². The number of ether oxygens (including phenoxy) is 6. The quantitative estimate of drug-likeness (QED) is 0.0603. The number of aromatic nitrogens is 6. The van der Waals surface area contributed by atoms with E-state index in [4.69, 9.17) is 40.0 Å². The summed E-state index contributed by atoms with van der Waals surface area (Å²) in [6.45, 7) is 2.99. The summed E-state index contributed by atoms with van der Waals surface area (Å²) in [5.74, 6) is -0.204. The number of carbonyl (C=O) groups excluding carboxylic acids is 2. The highest BCUT2D eigenvalue weighted by Gasteiger charge is 2.37. The zero-order chi connectivity index (χ0) is 61.9. The number of morpholine rings is 2. The van der Waals surface area contributed by atoms with E-state index in [9.17, 15) is 62.4 Å². The second-order valence-electron chi connectivity index (χ2n) is 18.9. The monoisotopic (exact) mass is 1250 g/mol. The molecule has 0 aliphatic carbocycles.